The van der Waals surface area contributed by atoms with Gasteiger partial charge >= 0.3 is 5.97 Å². The van der Waals surface area contributed by atoms with Crippen molar-refractivity contribution in [3.05, 3.63) is 29.6 Å². The molecular weight excluding hydrogens is 239 g/mol. The standard InChI is InChI=1S/C13H17FO4/c1-8(2)18-13(16)7-17-10-4-5-11(9(3)15)12(14)6-10/h4-6,8-9,15H,7H2,1-3H3. The molecule has 1 rings (SSSR count). The minimum absolute atomic E-state index is 0.187. The van der Waals surface area contributed by atoms with E-state index < -0.39 is 17.9 Å². The van der Waals surface area contributed by atoms with Crippen LogP contribution in [-0.2, 0) is 9.53 Å². The van der Waals surface area contributed by atoms with Gasteiger partial charge in [-0.05, 0) is 32.9 Å². The van der Waals surface area contributed by atoms with E-state index in [4.69, 9.17) is 9.47 Å². The summed E-state index contributed by atoms with van der Waals surface area (Å²) in [4.78, 5) is 11.2. The highest BCUT2D eigenvalue weighted by atomic mass is 19.1. The van der Waals surface area contributed by atoms with Crippen LogP contribution in [0.15, 0.2) is 18.2 Å². The van der Waals surface area contributed by atoms with E-state index in [2.05, 4.69) is 0 Å². The molecule has 0 fully saturated rings. The third kappa shape index (κ3) is 4.33. The Morgan fingerprint density at radius 3 is 2.56 bits per heavy atom. The zero-order valence-electron chi connectivity index (χ0n) is 10.6. The molecule has 0 bridgehead atoms. The van der Waals surface area contributed by atoms with Gasteiger partial charge in [-0.2, -0.15) is 0 Å². The second-order valence-electron chi connectivity index (χ2n) is 4.19. The molecule has 0 aliphatic carbocycles. The van der Waals surface area contributed by atoms with E-state index in [9.17, 15) is 14.3 Å². The maximum atomic E-state index is 13.5. The van der Waals surface area contributed by atoms with Gasteiger partial charge in [-0.15, -0.1) is 0 Å². The average Bonchev–Trinajstić information content (AvgIpc) is 2.25. The number of rotatable bonds is 5. The van der Waals surface area contributed by atoms with Crippen molar-refractivity contribution in [2.45, 2.75) is 33.0 Å². The Kier molecular flexibility index (Phi) is 5.09. The summed E-state index contributed by atoms with van der Waals surface area (Å²) in [5.74, 6) is -0.859. The van der Waals surface area contributed by atoms with Crippen LogP contribution in [0.3, 0.4) is 0 Å². The van der Waals surface area contributed by atoms with Crippen molar-refractivity contribution in [1.82, 2.24) is 0 Å². The van der Waals surface area contributed by atoms with Gasteiger partial charge in [0.05, 0.1) is 12.2 Å². The lowest BCUT2D eigenvalue weighted by atomic mass is 10.1. The molecular formula is C13H17FO4. The minimum Gasteiger partial charge on any atom is -0.482 e. The summed E-state index contributed by atoms with van der Waals surface area (Å²) in [6, 6.07) is 4.04. The molecule has 0 radical (unpaired) electrons. The molecule has 4 nitrogen and oxygen atoms in total. The van der Waals surface area contributed by atoms with E-state index in [-0.39, 0.29) is 24.0 Å². The van der Waals surface area contributed by atoms with Crippen LogP contribution >= 0.6 is 0 Å². The van der Waals surface area contributed by atoms with Gasteiger partial charge in [0, 0.05) is 11.6 Å². The summed E-state index contributed by atoms with van der Waals surface area (Å²) in [6.45, 7) is 4.66. The molecule has 0 aromatic heterocycles. The Morgan fingerprint density at radius 1 is 1.39 bits per heavy atom. The Bertz CT molecular complexity index is 415. The number of carbonyl (C=O) groups is 1. The van der Waals surface area contributed by atoms with E-state index in [1.165, 1.54) is 19.1 Å². The Morgan fingerprint density at radius 2 is 2.06 bits per heavy atom. The Labute approximate surface area is 105 Å². The molecule has 0 aliphatic rings. The van der Waals surface area contributed by atoms with Crippen molar-refractivity contribution in [1.29, 1.82) is 0 Å². The number of aliphatic hydroxyl groups is 1. The minimum atomic E-state index is -0.884. The third-order valence-corrected chi connectivity index (χ3v) is 2.15. The number of halogens is 1. The molecule has 1 atom stereocenters. The fourth-order valence-corrected chi connectivity index (χ4v) is 1.38. The van der Waals surface area contributed by atoms with Gasteiger partial charge in [0.2, 0.25) is 0 Å². The van der Waals surface area contributed by atoms with Crippen molar-refractivity contribution in [2.75, 3.05) is 6.61 Å². The van der Waals surface area contributed by atoms with Crippen molar-refractivity contribution in [3.63, 3.8) is 0 Å². The number of carbonyl (C=O) groups excluding carboxylic acids is 1. The van der Waals surface area contributed by atoms with Gasteiger partial charge < -0.3 is 14.6 Å². The van der Waals surface area contributed by atoms with Crippen LogP contribution in [-0.4, -0.2) is 23.8 Å². The number of hydrogen-bond acceptors (Lipinski definition) is 4. The highest BCUT2D eigenvalue weighted by molar-refractivity contribution is 5.71. The first-order chi connectivity index (χ1) is 8.40. The first kappa shape index (κ1) is 14.4. The number of hydrogen-bond donors (Lipinski definition) is 1. The fourth-order valence-electron chi connectivity index (χ4n) is 1.38. The topological polar surface area (TPSA) is 55.8 Å². The van der Waals surface area contributed by atoms with Crippen LogP contribution in [0.1, 0.15) is 32.4 Å². The first-order valence-corrected chi connectivity index (χ1v) is 5.70. The summed E-state index contributed by atoms with van der Waals surface area (Å²) in [5, 5.41) is 9.26. The van der Waals surface area contributed by atoms with Crippen molar-refractivity contribution in [2.24, 2.45) is 0 Å². The smallest absolute Gasteiger partial charge is 0.344 e. The monoisotopic (exact) mass is 256 g/mol. The Balaban J connectivity index is 2.59. The normalized spacial score (nSPS) is 12.3. The second kappa shape index (κ2) is 6.35. The van der Waals surface area contributed by atoms with E-state index in [0.29, 0.717) is 0 Å². The predicted octanol–water partition coefficient (Wildman–Crippen LogP) is 2.21. The lowest BCUT2D eigenvalue weighted by Gasteiger charge is -2.11. The quantitative estimate of drug-likeness (QED) is 0.821. The van der Waals surface area contributed by atoms with Crippen molar-refractivity contribution < 1.29 is 23.8 Å². The first-order valence-electron chi connectivity index (χ1n) is 5.70. The van der Waals surface area contributed by atoms with Gasteiger partial charge in [-0.25, -0.2) is 9.18 Å². The fraction of sp³-hybridized carbons (Fsp3) is 0.462. The maximum Gasteiger partial charge on any atom is 0.344 e. The predicted molar refractivity (Wildman–Crippen MR) is 63.8 cm³/mol. The highest BCUT2D eigenvalue weighted by Gasteiger charge is 2.11. The van der Waals surface area contributed by atoms with Crippen LogP contribution in [0.5, 0.6) is 5.75 Å². The number of ether oxygens (including phenoxy) is 2. The molecule has 0 amide bonds. The van der Waals surface area contributed by atoms with E-state index in [1.54, 1.807) is 13.8 Å². The Hall–Kier alpha value is -1.62. The summed E-state index contributed by atoms with van der Waals surface area (Å²) in [5.41, 5.74) is 0.187. The van der Waals surface area contributed by atoms with Gasteiger partial charge in [0.25, 0.3) is 0 Å². The molecule has 18 heavy (non-hydrogen) atoms. The molecule has 0 spiro atoms. The van der Waals surface area contributed by atoms with E-state index in [1.807, 2.05) is 0 Å². The lowest BCUT2D eigenvalue weighted by molar-refractivity contribution is -0.149. The summed E-state index contributed by atoms with van der Waals surface area (Å²) in [6.07, 6.45) is -1.10. The summed E-state index contributed by atoms with van der Waals surface area (Å²) in [7, 11) is 0. The zero-order valence-corrected chi connectivity index (χ0v) is 10.6. The van der Waals surface area contributed by atoms with Crippen molar-refractivity contribution in [3.8, 4) is 5.75 Å². The van der Waals surface area contributed by atoms with E-state index >= 15 is 0 Å². The van der Waals surface area contributed by atoms with Gasteiger partial charge in [0.1, 0.15) is 11.6 Å². The average molecular weight is 256 g/mol. The van der Waals surface area contributed by atoms with Crippen LogP contribution in [0.25, 0.3) is 0 Å². The van der Waals surface area contributed by atoms with Gasteiger partial charge in [-0.3, -0.25) is 0 Å². The van der Waals surface area contributed by atoms with Gasteiger partial charge in [-0.1, -0.05) is 0 Å². The lowest BCUT2D eigenvalue weighted by Crippen LogP contribution is -2.18. The molecule has 1 aromatic carbocycles. The van der Waals surface area contributed by atoms with Crippen molar-refractivity contribution >= 4 is 5.97 Å². The third-order valence-electron chi connectivity index (χ3n) is 2.15. The number of aliphatic hydroxyl groups excluding tert-OH is 1. The molecule has 1 N–H and O–H groups in total. The largest absolute Gasteiger partial charge is 0.482 e. The molecule has 100 valence electrons. The summed E-state index contributed by atoms with van der Waals surface area (Å²) >= 11 is 0. The second-order valence-corrected chi connectivity index (χ2v) is 4.19. The summed E-state index contributed by atoms with van der Waals surface area (Å²) < 4.78 is 23.4. The number of benzene rings is 1. The van der Waals surface area contributed by atoms with Gasteiger partial charge in [0.15, 0.2) is 6.61 Å². The van der Waals surface area contributed by atoms with Crippen LogP contribution in [0.4, 0.5) is 4.39 Å². The highest BCUT2D eigenvalue weighted by Crippen LogP contribution is 2.21. The molecule has 0 heterocycles. The van der Waals surface area contributed by atoms with Crippen LogP contribution in [0.2, 0.25) is 0 Å². The SMILES string of the molecule is CC(C)OC(=O)COc1ccc(C(C)O)c(F)c1. The van der Waals surface area contributed by atoms with Crippen LogP contribution in [0, 0.1) is 5.82 Å². The zero-order chi connectivity index (χ0) is 13.7. The molecule has 0 aliphatic heterocycles. The molecule has 5 heteroatoms. The molecule has 0 saturated heterocycles. The molecule has 0 saturated carbocycles. The maximum absolute atomic E-state index is 13.5. The molecule has 1 unspecified atom stereocenters. The molecule has 1 aromatic rings. The van der Waals surface area contributed by atoms with E-state index in [0.717, 1.165) is 6.07 Å². The van der Waals surface area contributed by atoms with Crippen LogP contribution < -0.4 is 4.74 Å². The number of esters is 1.